The zero-order valence-corrected chi connectivity index (χ0v) is 13.4. The van der Waals surface area contributed by atoms with Gasteiger partial charge in [0, 0.05) is 18.8 Å². The summed E-state index contributed by atoms with van der Waals surface area (Å²) < 4.78 is 1.65. The fraction of sp³-hybridized carbons (Fsp3) is 0.438. The number of urea groups is 1. The number of nitrogens with zero attached hydrogens (tertiary/aromatic N) is 4. The zero-order chi connectivity index (χ0) is 16.5. The van der Waals surface area contributed by atoms with Crippen molar-refractivity contribution in [1.82, 2.24) is 19.9 Å². The molecule has 0 aliphatic heterocycles. The van der Waals surface area contributed by atoms with E-state index in [9.17, 15) is 4.79 Å². The Labute approximate surface area is 135 Å². The number of aromatic nitrogens is 3. The molecule has 0 aliphatic rings. The van der Waals surface area contributed by atoms with Crippen molar-refractivity contribution in [1.29, 1.82) is 0 Å². The van der Waals surface area contributed by atoms with E-state index in [0.29, 0.717) is 18.8 Å². The summed E-state index contributed by atoms with van der Waals surface area (Å²) >= 11 is 0. The number of benzene rings is 1. The zero-order valence-electron chi connectivity index (χ0n) is 13.4. The molecule has 0 atom stereocenters. The van der Waals surface area contributed by atoms with Crippen LogP contribution in [0.15, 0.2) is 36.7 Å². The van der Waals surface area contributed by atoms with Crippen LogP contribution in [0.2, 0.25) is 0 Å². The van der Waals surface area contributed by atoms with Gasteiger partial charge in [-0.15, -0.1) is 5.10 Å². The van der Waals surface area contributed by atoms with Gasteiger partial charge in [0.1, 0.15) is 0 Å². The summed E-state index contributed by atoms with van der Waals surface area (Å²) in [5, 5.41) is 19.6. The number of nitrogens with one attached hydrogen (secondary N) is 1. The van der Waals surface area contributed by atoms with Crippen molar-refractivity contribution < 1.29 is 9.90 Å². The van der Waals surface area contributed by atoms with Gasteiger partial charge in [-0.1, -0.05) is 25.0 Å². The number of carbonyl (C=O) groups is 1. The second kappa shape index (κ2) is 8.89. The number of aliphatic hydroxyl groups is 1. The maximum absolute atomic E-state index is 12.3. The Bertz CT molecular complexity index is 583. The summed E-state index contributed by atoms with van der Waals surface area (Å²) in [5.41, 5.74) is 1.58. The van der Waals surface area contributed by atoms with Crippen molar-refractivity contribution in [2.24, 2.45) is 0 Å². The minimum Gasteiger partial charge on any atom is -0.395 e. The lowest BCUT2D eigenvalue weighted by atomic mass is 10.2. The molecule has 0 spiro atoms. The molecular weight excluding hydrogens is 294 g/mol. The van der Waals surface area contributed by atoms with Gasteiger partial charge in [0.15, 0.2) is 0 Å². The van der Waals surface area contributed by atoms with Gasteiger partial charge in [0.05, 0.1) is 24.7 Å². The molecule has 0 saturated heterocycles. The molecule has 0 saturated carbocycles. The molecule has 2 rings (SSSR count). The van der Waals surface area contributed by atoms with E-state index in [1.165, 1.54) is 0 Å². The standard InChI is InChI=1S/C16H23N5O2/c1-2-3-4-10-20(12-13-22)16(23)18-14-5-7-15(8-6-14)21-11-9-17-19-21/h5-9,11,22H,2-4,10,12-13H2,1H3,(H,18,23). The molecule has 2 aromatic rings. The third-order valence-corrected chi connectivity index (χ3v) is 3.49. The third kappa shape index (κ3) is 5.07. The van der Waals surface area contributed by atoms with Crippen LogP contribution in [-0.2, 0) is 0 Å². The SMILES string of the molecule is CCCCCN(CCO)C(=O)Nc1ccc(-n2ccnn2)cc1. The molecule has 0 bridgehead atoms. The lowest BCUT2D eigenvalue weighted by molar-refractivity contribution is 0.187. The number of amides is 2. The van der Waals surface area contributed by atoms with E-state index < -0.39 is 0 Å². The molecule has 2 amide bonds. The van der Waals surface area contributed by atoms with Crippen molar-refractivity contribution >= 4 is 11.7 Å². The first-order valence-electron chi connectivity index (χ1n) is 7.88. The molecule has 1 aromatic heterocycles. The van der Waals surface area contributed by atoms with Crippen LogP contribution < -0.4 is 5.32 Å². The van der Waals surface area contributed by atoms with Crippen LogP contribution in [0.5, 0.6) is 0 Å². The van der Waals surface area contributed by atoms with Crippen molar-refractivity contribution in [3.63, 3.8) is 0 Å². The largest absolute Gasteiger partial charge is 0.395 e. The smallest absolute Gasteiger partial charge is 0.321 e. The average molecular weight is 317 g/mol. The minimum absolute atomic E-state index is 0.0369. The molecular formula is C16H23N5O2. The number of aliphatic hydroxyl groups excluding tert-OH is 1. The highest BCUT2D eigenvalue weighted by atomic mass is 16.3. The van der Waals surface area contributed by atoms with Crippen LogP contribution in [-0.4, -0.2) is 50.7 Å². The number of unbranched alkanes of at least 4 members (excludes halogenated alkanes) is 2. The molecule has 0 aliphatic carbocycles. The Morgan fingerprint density at radius 2 is 2.04 bits per heavy atom. The van der Waals surface area contributed by atoms with Crippen LogP contribution in [0.4, 0.5) is 10.5 Å². The van der Waals surface area contributed by atoms with E-state index >= 15 is 0 Å². The summed E-state index contributed by atoms with van der Waals surface area (Å²) in [4.78, 5) is 13.9. The Morgan fingerprint density at radius 1 is 1.26 bits per heavy atom. The second-order valence-corrected chi connectivity index (χ2v) is 5.24. The lowest BCUT2D eigenvalue weighted by Gasteiger charge is -2.22. The van der Waals surface area contributed by atoms with Crippen LogP contribution in [0.3, 0.4) is 0 Å². The second-order valence-electron chi connectivity index (χ2n) is 5.24. The van der Waals surface area contributed by atoms with Gasteiger partial charge in [-0.3, -0.25) is 0 Å². The summed E-state index contributed by atoms with van der Waals surface area (Å²) in [7, 11) is 0. The molecule has 1 aromatic carbocycles. The van der Waals surface area contributed by atoms with E-state index in [1.54, 1.807) is 22.0 Å². The van der Waals surface area contributed by atoms with Crippen LogP contribution in [0, 0.1) is 0 Å². The molecule has 1 heterocycles. The van der Waals surface area contributed by atoms with E-state index in [2.05, 4.69) is 22.6 Å². The van der Waals surface area contributed by atoms with Gasteiger partial charge in [0.25, 0.3) is 0 Å². The molecule has 2 N–H and O–H groups in total. The van der Waals surface area contributed by atoms with Gasteiger partial charge in [-0.25, -0.2) is 9.48 Å². The van der Waals surface area contributed by atoms with Crippen molar-refractivity contribution in [3.05, 3.63) is 36.7 Å². The van der Waals surface area contributed by atoms with Crippen molar-refractivity contribution in [2.75, 3.05) is 25.0 Å². The normalized spacial score (nSPS) is 10.5. The van der Waals surface area contributed by atoms with Crippen molar-refractivity contribution in [3.8, 4) is 5.69 Å². The van der Waals surface area contributed by atoms with E-state index in [4.69, 9.17) is 5.11 Å². The Balaban J connectivity index is 1.94. The Hall–Kier alpha value is -2.41. The maximum atomic E-state index is 12.3. The first-order chi connectivity index (χ1) is 11.2. The molecule has 23 heavy (non-hydrogen) atoms. The van der Waals surface area contributed by atoms with Gasteiger partial charge >= 0.3 is 6.03 Å². The monoisotopic (exact) mass is 317 g/mol. The third-order valence-electron chi connectivity index (χ3n) is 3.49. The van der Waals surface area contributed by atoms with Gasteiger partial charge in [0.2, 0.25) is 0 Å². The number of carbonyl (C=O) groups excluding carboxylic acids is 1. The molecule has 0 fully saturated rings. The number of hydrogen-bond donors (Lipinski definition) is 2. The quantitative estimate of drug-likeness (QED) is 0.732. The molecule has 124 valence electrons. The van der Waals surface area contributed by atoms with E-state index in [-0.39, 0.29) is 12.6 Å². The van der Waals surface area contributed by atoms with Crippen molar-refractivity contribution in [2.45, 2.75) is 26.2 Å². The first kappa shape index (κ1) is 17.0. The highest BCUT2D eigenvalue weighted by Gasteiger charge is 2.12. The molecule has 0 radical (unpaired) electrons. The highest BCUT2D eigenvalue weighted by molar-refractivity contribution is 5.89. The number of rotatable bonds is 8. The van der Waals surface area contributed by atoms with Crippen LogP contribution in [0.25, 0.3) is 5.69 Å². The molecule has 7 heteroatoms. The predicted octanol–water partition coefficient (Wildman–Crippen LogP) is 2.28. The Morgan fingerprint density at radius 3 is 2.65 bits per heavy atom. The Kier molecular flexibility index (Phi) is 6.56. The summed E-state index contributed by atoms with van der Waals surface area (Å²) in [6.45, 7) is 3.07. The summed E-state index contributed by atoms with van der Waals surface area (Å²) in [5.74, 6) is 0. The maximum Gasteiger partial charge on any atom is 0.321 e. The number of hydrogen-bond acceptors (Lipinski definition) is 4. The van der Waals surface area contributed by atoms with Crippen LogP contribution >= 0.6 is 0 Å². The lowest BCUT2D eigenvalue weighted by Crippen LogP contribution is -2.37. The number of anilines is 1. The van der Waals surface area contributed by atoms with Crippen LogP contribution in [0.1, 0.15) is 26.2 Å². The molecule has 7 nitrogen and oxygen atoms in total. The fourth-order valence-electron chi connectivity index (χ4n) is 2.23. The predicted molar refractivity (Wildman–Crippen MR) is 88.6 cm³/mol. The molecule has 0 unspecified atom stereocenters. The van der Waals surface area contributed by atoms with Gasteiger partial charge < -0.3 is 15.3 Å². The topological polar surface area (TPSA) is 83.3 Å². The summed E-state index contributed by atoms with van der Waals surface area (Å²) in [6.07, 6.45) is 6.47. The average Bonchev–Trinajstić information content (AvgIpc) is 3.09. The van der Waals surface area contributed by atoms with Gasteiger partial charge in [-0.05, 0) is 30.7 Å². The summed E-state index contributed by atoms with van der Waals surface area (Å²) in [6, 6.07) is 7.16. The van der Waals surface area contributed by atoms with E-state index in [0.717, 1.165) is 24.9 Å². The van der Waals surface area contributed by atoms with Gasteiger partial charge in [-0.2, -0.15) is 0 Å². The first-order valence-corrected chi connectivity index (χ1v) is 7.88. The fourth-order valence-corrected chi connectivity index (χ4v) is 2.23. The minimum atomic E-state index is -0.191. The highest BCUT2D eigenvalue weighted by Crippen LogP contribution is 2.13. The van der Waals surface area contributed by atoms with E-state index in [1.807, 2.05) is 24.3 Å².